The summed E-state index contributed by atoms with van der Waals surface area (Å²) in [4.78, 5) is 11.8. The van der Waals surface area contributed by atoms with Crippen LogP contribution in [0, 0.1) is 20.8 Å². The number of hydrogen-bond donors (Lipinski definition) is 0. The van der Waals surface area contributed by atoms with Gasteiger partial charge in [0.2, 0.25) is 0 Å². The lowest BCUT2D eigenvalue weighted by atomic mass is 10.1. The van der Waals surface area contributed by atoms with E-state index in [0.29, 0.717) is 11.1 Å². The largest absolute Gasteiger partial charge is 0.465 e. The third-order valence-electron chi connectivity index (χ3n) is 3.99. The Morgan fingerprint density at radius 3 is 2.35 bits per heavy atom. The lowest BCUT2D eigenvalue weighted by molar-refractivity contribution is 0.0600. The van der Waals surface area contributed by atoms with Crippen LogP contribution in [-0.2, 0) is 20.3 Å². The Balaban J connectivity index is 2.40. The summed E-state index contributed by atoms with van der Waals surface area (Å²) in [5.74, 6) is -0.537. The smallest absolute Gasteiger partial charge is 0.337 e. The van der Waals surface area contributed by atoms with Crippen LogP contribution in [-0.4, -0.2) is 21.5 Å². The van der Waals surface area contributed by atoms with Gasteiger partial charge in [0, 0.05) is 0 Å². The Morgan fingerprint density at radius 2 is 1.74 bits per heavy atom. The van der Waals surface area contributed by atoms with Gasteiger partial charge in [0.15, 0.2) is 9.84 Å². The maximum atomic E-state index is 12.7. The number of carbonyl (C=O) groups is 1. The second-order valence-corrected chi connectivity index (χ2v) is 7.55. The summed E-state index contributed by atoms with van der Waals surface area (Å²) in [6.07, 6.45) is 0. The van der Waals surface area contributed by atoms with Crippen molar-refractivity contribution in [2.75, 3.05) is 7.11 Å². The van der Waals surface area contributed by atoms with Crippen LogP contribution in [0.5, 0.6) is 0 Å². The van der Waals surface area contributed by atoms with Crippen molar-refractivity contribution in [3.05, 3.63) is 64.2 Å². The molecule has 0 saturated heterocycles. The van der Waals surface area contributed by atoms with Gasteiger partial charge in [-0.2, -0.15) is 0 Å². The summed E-state index contributed by atoms with van der Waals surface area (Å²) in [6.45, 7) is 5.57. The molecule has 0 spiro atoms. The van der Waals surface area contributed by atoms with Gasteiger partial charge >= 0.3 is 5.97 Å². The second-order valence-electron chi connectivity index (χ2n) is 5.59. The lowest BCUT2D eigenvalue weighted by Gasteiger charge is -2.12. The summed E-state index contributed by atoms with van der Waals surface area (Å²) >= 11 is 0. The SMILES string of the molecule is COC(=O)c1ccc(S(=O)(=O)Cc2cccc(C)c2C)c(C)c1. The highest BCUT2D eigenvalue weighted by molar-refractivity contribution is 7.90. The molecule has 5 heteroatoms. The zero-order chi connectivity index (χ0) is 17.2. The van der Waals surface area contributed by atoms with Crippen LogP contribution in [0.1, 0.15) is 32.6 Å². The first-order valence-corrected chi connectivity index (χ1v) is 8.88. The van der Waals surface area contributed by atoms with Gasteiger partial charge in [0.05, 0.1) is 23.3 Å². The number of carbonyl (C=O) groups excluding carboxylic acids is 1. The van der Waals surface area contributed by atoms with E-state index in [9.17, 15) is 13.2 Å². The molecule has 0 bridgehead atoms. The van der Waals surface area contributed by atoms with Crippen LogP contribution in [0.2, 0.25) is 0 Å². The van der Waals surface area contributed by atoms with Crippen molar-refractivity contribution >= 4 is 15.8 Å². The molecule has 0 fully saturated rings. The van der Waals surface area contributed by atoms with E-state index in [0.717, 1.165) is 16.7 Å². The zero-order valence-corrected chi connectivity index (χ0v) is 14.5. The highest BCUT2D eigenvalue weighted by Crippen LogP contribution is 2.24. The summed E-state index contributed by atoms with van der Waals surface area (Å²) in [5, 5.41) is 0. The fourth-order valence-corrected chi connectivity index (χ4v) is 4.20. The molecule has 4 nitrogen and oxygen atoms in total. The van der Waals surface area contributed by atoms with Gasteiger partial charge < -0.3 is 4.74 Å². The summed E-state index contributed by atoms with van der Waals surface area (Å²) in [6, 6.07) is 10.2. The molecule has 0 aliphatic rings. The maximum Gasteiger partial charge on any atom is 0.337 e. The van der Waals surface area contributed by atoms with Crippen molar-refractivity contribution in [3.8, 4) is 0 Å². The fraction of sp³-hybridized carbons (Fsp3) is 0.278. The van der Waals surface area contributed by atoms with Crippen LogP contribution >= 0.6 is 0 Å². The molecule has 0 aliphatic carbocycles. The molecule has 0 unspecified atom stereocenters. The Hall–Kier alpha value is -2.14. The van der Waals surface area contributed by atoms with Crippen LogP contribution in [0.15, 0.2) is 41.3 Å². The number of sulfone groups is 1. The minimum Gasteiger partial charge on any atom is -0.465 e. The van der Waals surface area contributed by atoms with Crippen molar-refractivity contribution in [1.82, 2.24) is 0 Å². The predicted molar refractivity (Wildman–Crippen MR) is 89.3 cm³/mol. The third kappa shape index (κ3) is 3.62. The topological polar surface area (TPSA) is 60.4 Å². The van der Waals surface area contributed by atoms with E-state index < -0.39 is 15.8 Å². The molecular formula is C18H20O4S. The van der Waals surface area contributed by atoms with Crippen molar-refractivity contribution in [2.45, 2.75) is 31.4 Å². The molecule has 0 aromatic heterocycles. The van der Waals surface area contributed by atoms with E-state index in [4.69, 9.17) is 0 Å². The van der Waals surface area contributed by atoms with Gasteiger partial charge in [0.25, 0.3) is 0 Å². The van der Waals surface area contributed by atoms with Gasteiger partial charge in [-0.15, -0.1) is 0 Å². The van der Waals surface area contributed by atoms with E-state index in [-0.39, 0.29) is 10.6 Å². The van der Waals surface area contributed by atoms with Crippen molar-refractivity contribution in [1.29, 1.82) is 0 Å². The maximum absolute atomic E-state index is 12.7. The van der Waals surface area contributed by atoms with Gasteiger partial charge in [-0.1, -0.05) is 18.2 Å². The fourth-order valence-electron chi connectivity index (χ4n) is 2.49. The van der Waals surface area contributed by atoms with Gasteiger partial charge in [-0.3, -0.25) is 0 Å². The first-order chi connectivity index (χ1) is 10.8. The van der Waals surface area contributed by atoms with Crippen molar-refractivity contribution in [3.63, 3.8) is 0 Å². The van der Waals surface area contributed by atoms with E-state index in [1.165, 1.54) is 19.2 Å². The number of ether oxygens (including phenoxy) is 1. The molecule has 0 amide bonds. The number of esters is 1. The summed E-state index contributed by atoms with van der Waals surface area (Å²) in [7, 11) is -2.19. The van der Waals surface area contributed by atoms with Gasteiger partial charge in [-0.05, 0) is 61.2 Å². The van der Waals surface area contributed by atoms with Crippen molar-refractivity contribution < 1.29 is 17.9 Å². The highest BCUT2D eigenvalue weighted by Gasteiger charge is 2.20. The van der Waals surface area contributed by atoms with E-state index >= 15 is 0 Å². The lowest BCUT2D eigenvalue weighted by Crippen LogP contribution is -2.10. The molecule has 0 radical (unpaired) electrons. The van der Waals surface area contributed by atoms with E-state index in [1.54, 1.807) is 13.0 Å². The van der Waals surface area contributed by atoms with Crippen LogP contribution < -0.4 is 0 Å². The quantitative estimate of drug-likeness (QED) is 0.805. The Bertz CT molecular complexity index is 851. The number of hydrogen-bond acceptors (Lipinski definition) is 4. The number of rotatable bonds is 4. The standard InChI is InChI=1S/C18H20O4S/c1-12-6-5-7-16(14(12)3)11-23(20,21)17-9-8-15(10-13(17)2)18(19)22-4/h5-10H,11H2,1-4H3. The first-order valence-electron chi connectivity index (χ1n) is 7.23. The van der Waals surface area contributed by atoms with E-state index in [2.05, 4.69) is 4.74 Å². The van der Waals surface area contributed by atoms with Gasteiger partial charge in [0.1, 0.15) is 0 Å². The minimum absolute atomic E-state index is 0.0566. The van der Waals surface area contributed by atoms with Crippen LogP contribution in [0.4, 0.5) is 0 Å². The molecular weight excluding hydrogens is 312 g/mol. The average Bonchev–Trinajstić information content (AvgIpc) is 2.50. The first kappa shape index (κ1) is 17.2. The monoisotopic (exact) mass is 332 g/mol. The molecule has 122 valence electrons. The second kappa shape index (κ2) is 6.54. The number of benzene rings is 2. The number of methoxy groups -OCH3 is 1. The zero-order valence-electron chi connectivity index (χ0n) is 13.7. The molecule has 0 atom stereocenters. The molecule has 23 heavy (non-hydrogen) atoms. The number of aryl methyl sites for hydroxylation is 2. The van der Waals surface area contributed by atoms with Gasteiger partial charge in [-0.25, -0.2) is 13.2 Å². The molecule has 2 aromatic carbocycles. The van der Waals surface area contributed by atoms with Crippen LogP contribution in [0.3, 0.4) is 0 Å². The highest BCUT2D eigenvalue weighted by atomic mass is 32.2. The summed E-state index contributed by atoms with van der Waals surface area (Å²) in [5.41, 5.74) is 3.73. The molecule has 2 rings (SSSR count). The Morgan fingerprint density at radius 1 is 1.04 bits per heavy atom. The Kier molecular flexibility index (Phi) is 4.90. The minimum atomic E-state index is -3.48. The molecule has 0 heterocycles. The molecule has 0 N–H and O–H groups in total. The van der Waals surface area contributed by atoms with Crippen LogP contribution in [0.25, 0.3) is 0 Å². The summed E-state index contributed by atoms with van der Waals surface area (Å²) < 4.78 is 30.1. The Labute approximate surface area is 137 Å². The van der Waals surface area contributed by atoms with E-state index in [1.807, 2.05) is 32.0 Å². The third-order valence-corrected chi connectivity index (χ3v) is 5.81. The molecule has 2 aromatic rings. The van der Waals surface area contributed by atoms with Crippen molar-refractivity contribution in [2.24, 2.45) is 0 Å². The predicted octanol–water partition coefficient (Wildman–Crippen LogP) is 3.37. The molecule has 0 aliphatic heterocycles. The average molecular weight is 332 g/mol. The normalized spacial score (nSPS) is 11.3. The molecule has 0 saturated carbocycles.